The molecule has 0 radical (unpaired) electrons. The first-order valence-corrected chi connectivity index (χ1v) is 16.7. The maximum Gasteiger partial charge on any atom is 2.00 e. The summed E-state index contributed by atoms with van der Waals surface area (Å²) >= 11 is 22.5. The maximum atomic E-state index is 11.5. The zero-order valence-corrected chi connectivity index (χ0v) is 33.2. The minimum absolute atomic E-state index is 0. The van der Waals surface area contributed by atoms with E-state index in [9.17, 15) is 19.2 Å². The van der Waals surface area contributed by atoms with Gasteiger partial charge in [0.1, 0.15) is 20.1 Å². The third kappa shape index (κ3) is 8.48. The molecule has 0 heterocycles. The van der Waals surface area contributed by atoms with Gasteiger partial charge in [0.15, 0.2) is 0 Å². The van der Waals surface area contributed by atoms with Crippen LogP contribution in [0.5, 0.6) is 0 Å². The van der Waals surface area contributed by atoms with Gasteiger partial charge in [-0.25, -0.2) is 0 Å². The standard InChI is InChI=1S/2C10H4Cl2O2.2C10H15.Fe/c2*11-7-8(12)10(14)6-4-2-1-3-5(6)9(7)13;2*1-6-7(2)9(4)10(5)8(6)3;/h2*1-4H;2*1-5H3;/q;;2*-1;+2. The molecule has 0 unspecified atom stereocenters. The van der Waals surface area contributed by atoms with Gasteiger partial charge >= 0.3 is 17.1 Å². The molecule has 6 rings (SSSR count). The third-order valence-corrected chi connectivity index (χ3v) is 11.3. The van der Waals surface area contributed by atoms with Gasteiger partial charge < -0.3 is 0 Å². The second-order valence-corrected chi connectivity index (χ2v) is 13.4. The summed E-state index contributed by atoms with van der Waals surface area (Å²) in [6.07, 6.45) is 0. The number of ketones is 4. The molecule has 0 aliphatic heterocycles. The Bertz CT molecular complexity index is 1650. The first kappa shape index (κ1) is 42.1. The zero-order valence-electron chi connectivity index (χ0n) is 29.1. The minimum atomic E-state index is -0.396. The van der Waals surface area contributed by atoms with Gasteiger partial charge in [-0.3, -0.25) is 19.2 Å². The summed E-state index contributed by atoms with van der Waals surface area (Å²) < 4.78 is 0. The van der Waals surface area contributed by atoms with Crippen molar-refractivity contribution in [3.63, 3.8) is 0 Å². The van der Waals surface area contributed by atoms with Crippen LogP contribution in [0.4, 0.5) is 0 Å². The molecule has 0 saturated carbocycles. The maximum absolute atomic E-state index is 11.5. The molecule has 4 aromatic rings. The van der Waals surface area contributed by atoms with E-state index in [2.05, 4.69) is 69.2 Å². The van der Waals surface area contributed by atoms with Crippen molar-refractivity contribution < 1.29 is 36.2 Å². The Morgan fingerprint density at radius 2 is 0.551 bits per heavy atom. The van der Waals surface area contributed by atoms with E-state index in [0.29, 0.717) is 22.3 Å². The van der Waals surface area contributed by atoms with Crippen molar-refractivity contribution in [2.75, 3.05) is 0 Å². The number of rotatable bonds is 0. The van der Waals surface area contributed by atoms with E-state index >= 15 is 0 Å². The molecule has 258 valence electrons. The van der Waals surface area contributed by atoms with Crippen LogP contribution in [0.15, 0.2) is 68.7 Å². The quantitative estimate of drug-likeness (QED) is 0.132. The van der Waals surface area contributed by atoms with Gasteiger partial charge in [0.2, 0.25) is 23.1 Å². The molecule has 0 atom stereocenters. The Kier molecular flexibility index (Phi) is 14.9. The van der Waals surface area contributed by atoms with Crippen molar-refractivity contribution in [1.29, 1.82) is 0 Å². The monoisotopic (exact) mass is 778 g/mol. The number of carbonyl (C=O) groups excluding carboxylic acids is 4. The van der Waals surface area contributed by atoms with Crippen molar-refractivity contribution in [3.8, 4) is 0 Å². The number of halogens is 4. The molecule has 2 aliphatic rings. The van der Waals surface area contributed by atoms with Crippen LogP contribution in [0.3, 0.4) is 0 Å². The number of fused-ring (bicyclic) bond motifs is 2. The van der Waals surface area contributed by atoms with Crippen LogP contribution < -0.4 is 0 Å². The van der Waals surface area contributed by atoms with Crippen molar-refractivity contribution in [3.05, 3.63) is 147 Å². The normalized spacial score (nSPS) is 13.3. The van der Waals surface area contributed by atoms with Crippen molar-refractivity contribution in [2.45, 2.75) is 69.2 Å². The predicted molar refractivity (Wildman–Crippen MR) is 199 cm³/mol. The van der Waals surface area contributed by atoms with Crippen LogP contribution in [0.2, 0.25) is 0 Å². The molecular weight excluding hydrogens is 742 g/mol. The Hall–Kier alpha value is -3.02. The number of hydrogen-bond donors (Lipinski definition) is 0. The molecule has 49 heavy (non-hydrogen) atoms. The van der Waals surface area contributed by atoms with Crippen molar-refractivity contribution in [2.24, 2.45) is 0 Å². The molecular formula is C40H38Cl4FeO4. The third-order valence-electron chi connectivity index (χ3n) is 9.64. The minimum Gasteiger partial charge on any atom is -0.288 e. The molecule has 0 bridgehead atoms. The van der Waals surface area contributed by atoms with Crippen LogP contribution in [0.1, 0.15) is 97.1 Å². The van der Waals surface area contributed by atoms with E-state index in [-0.39, 0.29) is 37.2 Å². The molecule has 0 amide bonds. The van der Waals surface area contributed by atoms with Gasteiger partial charge in [-0.1, -0.05) is 164 Å². The number of hydrogen-bond acceptors (Lipinski definition) is 4. The van der Waals surface area contributed by atoms with Crippen LogP contribution in [0, 0.1) is 69.2 Å². The van der Waals surface area contributed by atoms with E-state index in [0.717, 1.165) is 0 Å². The fraction of sp³-hybridized carbons (Fsp3) is 0.250. The molecule has 0 saturated heterocycles. The van der Waals surface area contributed by atoms with Gasteiger partial charge in [0.25, 0.3) is 0 Å². The SMILES string of the molecule is Cc1c(C)c(C)[c-](C)c1C.Cc1c(C)c(C)[c-](C)c1C.O=C1C(Cl)=C(Cl)C(=O)c2ccccc21.O=C1C(Cl)=C(Cl)C(=O)c2ccccc21.[Fe+2]. The van der Waals surface area contributed by atoms with Crippen molar-refractivity contribution >= 4 is 69.5 Å². The number of allylic oxidation sites excluding steroid dienone is 4. The molecule has 4 aromatic carbocycles. The van der Waals surface area contributed by atoms with Gasteiger partial charge in [-0.2, -0.15) is 55.6 Å². The molecule has 0 aromatic heterocycles. The molecule has 0 spiro atoms. The van der Waals surface area contributed by atoms with Crippen LogP contribution in [0.25, 0.3) is 0 Å². The van der Waals surface area contributed by atoms with Gasteiger partial charge in [-0.05, 0) is 0 Å². The molecule has 4 nitrogen and oxygen atoms in total. The van der Waals surface area contributed by atoms with Crippen LogP contribution in [-0.2, 0) is 17.1 Å². The van der Waals surface area contributed by atoms with Crippen LogP contribution >= 0.6 is 46.4 Å². The summed E-state index contributed by atoms with van der Waals surface area (Å²) in [6, 6.07) is 12.9. The first-order valence-electron chi connectivity index (χ1n) is 15.2. The summed E-state index contributed by atoms with van der Waals surface area (Å²) in [5, 5.41) is -0.795. The summed E-state index contributed by atoms with van der Waals surface area (Å²) in [5.74, 6) is -1.59. The smallest absolute Gasteiger partial charge is 0.288 e. The summed E-state index contributed by atoms with van der Waals surface area (Å²) in [6.45, 7) is 22.0. The zero-order chi connectivity index (χ0) is 36.4. The Morgan fingerprint density at radius 1 is 0.388 bits per heavy atom. The summed E-state index contributed by atoms with van der Waals surface area (Å²) in [7, 11) is 0. The number of benzene rings is 2. The summed E-state index contributed by atoms with van der Waals surface area (Å²) in [4.78, 5) is 46.2. The van der Waals surface area contributed by atoms with E-state index in [1.165, 1.54) is 55.6 Å². The molecule has 9 heteroatoms. The average Bonchev–Trinajstić information content (AvgIpc) is 3.37. The second-order valence-electron chi connectivity index (χ2n) is 11.9. The second kappa shape index (κ2) is 17.3. The van der Waals surface area contributed by atoms with Gasteiger partial charge in [0.05, 0.1) is 0 Å². The first-order chi connectivity index (χ1) is 22.4. The molecule has 0 fully saturated rings. The fourth-order valence-electron chi connectivity index (χ4n) is 5.44. The summed E-state index contributed by atoms with van der Waals surface area (Å²) in [5.41, 5.74) is 15.9. The van der Waals surface area contributed by atoms with Crippen LogP contribution in [-0.4, -0.2) is 23.1 Å². The number of carbonyl (C=O) groups is 4. The van der Waals surface area contributed by atoms with E-state index in [1.54, 1.807) is 48.5 Å². The largest absolute Gasteiger partial charge is 2.00 e. The molecule has 0 N–H and O–H groups in total. The van der Waals surface area contributed by atoms with Gasteiger partial charge in [0, 0.05) is 22.3 Å². The number of Topliss-reactive ketones (excluding diaryl/α,β-unsaturated/α-hetero) is 4. The topological polar surface area (TPSA) is 68.3 Å². The average molecular weight is 780 g/mol. The predicted octanol–water partition coefficient (Wildman–Crippen LogP) is 11.4. The van der Waals surface area contributed by atoms with E-state index < -0.39 is 23.1 Å². The van der Waals surface area contributed by atoms with E-state index in [1.807, 2.05) is 0 Å². The Morgan fingerprint density at radius 3 is 0.673 bits per heavy atom. The van der Waals surface area contributed by atoms with Gasteiger partial charge in [-0.15, -0.1) is 0 Å². The van der Waals surface area contributed by atoms with E-state index in [4.69, 9.17) is 46.4 Å². The Labute approximate surface area is 319 Å². The molecule has 2 aliphatic carbocycles. The fourth-order valence-corrected chi connectivity index (χ4v) is 6.19. The Balaban J connectivity index is 0.000000228. The van der Waals surface area contributed by atoms with Crippen molar-refractivity contribution in [1.82, 2.24) is 0 Å².